The van der Waals surface area contributed by atoms with Gasteiger partial charge in [-0.1, -0.05) is 0 Å². The van der Waals surface area contributed by atoms with E-state index in [1.165, 1.54) is 13.0 Å². The summed E-state index contributed by atoms with van der Waals surface area (Å²) in [6.07, 6.45) is 6.18. The Kier molecular flexibility index (Phi) is 4.39. The Morgan fingerprint density at radius 2 is 2.18 bits per heavy atom. The van der Waals surface area contributed by atoms with Crippen LogP contribution < -0.4 is 10.6 Å². The van der Waals surface area contributed by atoms with Gasteiger partial charge in [-0.05, 0) is 32.5 Å². The average Bonchev–Trinajstić information content (AvgIpc) is 2.63. The van der Waals surface area contributed by atoms with E-state index < -0.39 is 0 Å². The maximum absolute atomic E-state index is 5.56. The molecule has 96 valence electrons. The number of rotatable bonds is 4. The highest BCUT2D eigenvalue weighted by molar-refractivity contribution is 5.31. The summed E-state index contributed by atoms with van der Waals surface area (Å²) in [6, 6.07) is 0. The molecular formula is C12H23N5. The first-order valence-electron chi connectivity index (χ1n) is 6.46. The highest BCUT2D eigenvalue weighted by atomic mass is 15.3. The van der Waals surface area contributed by atoms with Gasteiger partial charge in [0.15, 0.2) is 0 Å². The Hall–Kier alpha value is -1.07. The van der Waals surface area contributed by atoms with Gasteiger partial charge in [0, 0.05) is 39.1 Å². The summed E-state index contributed by atoms with van der Waals surface area (Å²) in [4.78, 5) is 9.31. The van der Waals surface area contributed by atoms with Crippen molar-refractivity contribution >= 4 is 5.95 Å². The molecular weight excluding hydrogens is 214 g/mol. The van der Waals surface area contributed by atoms with Crippen molar-refractivity contribution in [2.24, 2.45) is 12.8 Å². The van der Waals surface area contributed by atoms with Gasteiger partial charge in [-0.3, -0.25) is 0 Å². The van der Waals surface area contributed by atoms with Crippen LogP contribution in [0.25, 0.3) is 0 Å². The normalized spacial score (nSPS) is 18.4. The molecule has 5 heteroatoms. The summed E-state index contributed by atoms with van der Waals surface area (Å²) in [5.74, 6) is 1.09. The molecule has 0 atom stereocenters. The van der Waals surface area contributed by atoms with E-state index in [-0.39, 0.29) is 0 Å². The van der Waals surface area contributed by atoms with Gasteiger partial charge < -0.3 is 20.1 Å². The lowest BCUT2D eigenvalue weighted by Crippen LogP contribution is -2.33. The molecule has 0 aliphatic carbocycles. The molecule has 1 aliphatic rings. The van der Waals surface area contributed by atoms with Gasteiger partial charge in [0.25, 0.3) is 0 Å². The van der Waals surface area contributed by atoms with Gasteiger partial charge in [-0.2, -0.15) is 0 Å². The Morgan fingerprint density at radius 1 is 1.29 bits per heavy atom. The van der Waals surface area contributed by atoms with E-state index in [0.29, 0.717) is 0 Å². The number of aryl methyl sites for hydroxylation is 1. The van der Waals surface area contributed by atoms with E-state index in [1.807, 2.05) is 12.4 Å². The maximum Gasteiger partial charge on any atom is 0.205 e. The Balaban J connectivity index is 1.90. The average molecular weight is 237 g/mol. The largest absolute Gasteiger partial charge is 0.341 e. The van der Waals surface area contributed by atoms with Crippen LogP contribution >= 0.6 is 0 Å². The topological polar surface area (TPSA) is 50.3 Å². The van der Waals surface area contributed by atoms with E-state index in [1.54, 1.807) is 0 Å². The molecule has 0 aromatic carbocycles. The molecule has 17 heavy (non-hydrogen) atoms. The minimum Gasteiger partial charge on any atom is -0.341 e. The molecule has 0 unspecified atom stereocenters. The predicted octanol–water partition coefficient (Wildman–Crippen LogP) is 0.281. The lowest BCUT2D eigenvalue weighted by Gasteiger charge is -2.22. The first-order chi connectivity index (χ1) is 8.31. The second kappa shape index (κ2) is 6.02. The highest BCUT2D eigenvalue weighted by Crippen LogP contribution is 2.13. The van der Waals surface area contributed by atoms with Crippen molar-refractivity contribution in [3.05, 3.63) is 12.4 Å². The zero-order valence-corrected chi connectivity index (χ0v) is 10.7. The van der Waals surface area contributed by atoms with Crippen LogP contribution in [0.2, 0.25) is 0 Å². The second-order valence-corrected chi connectivity index (χ2v) is 4.66. The molecule has 0 radical (unpaired) electrons. The van der Waals surface area contributed by atoms with Crippen molar-refractivity contribution in [2.75, 3.05) is 44.2 Å². The van der Waals surface area contributed by atoms with Crippen LogP contribution in [0.5, 0.6) is 0 Å². The van der Waals surface area contributed by atoms with Crippen LogP contribution in [0, 0.1) is 0 Å². The fraction of sp³-hybridized carbons (Fsp3) is 0.750. The number of aromatic nitrogens is 2. The SMILES string of the molecule is Cn1ccnc1N1CCCN(CCCN)CC1. The van der Waals surface area contributed by atoms with Gasteiger partial charge in [0.2, 0.25) is 5.95 Å². The molecule has 5 nitrogen and oxygen atoms in total. The second-order valence-electron chi connectivity index (χ2n) is 4.66. The number of imidazole rings is 1. The molecule has 1 aromatic rings. The van der Waals surface area contributed by atoms with Crippen LogP contribution in [-0.4, -0.2) is 53.7 Å². The summed E-state index contributed by atoms with van der Waals surface area (Å²) in [5, 5.41) is 0. The summed E-state index contributed by atoms with van der Waals surface area (Å²) < 4.78 is 2.09. The molecule has 0 spiro atoms. The summed E-state index contributed by atoms with van der Waals surface area (Å²) >= 11 is 0. The van der Waals surface area contributed by atoms with Gasteiger partial charge in [-0.15, -0.1) is 0 Å². The lowest BCUT2D eigenvalue weighted by molar-refractivity contribution is 0.291. The monoisotopic (exact) mass is 237 g/mol. The molecule has 1 aromatic heterocycles. The van der Waals surface area contributed by atoms with Crippen LogP contribution in [0.1, 0.15) is 12.8 Å². The van der Waals surface area contributed by atoms with Crippen molar-refractivity contribution in [1.82, 2.24) is 14.5 Å². The highest BCUT2D eigenvalue weighted by Gasteiger charge is 2.16. The van der Waals surface area contributed by atoms with Gasteiger partial charge in [0.05, 0.1) is 0 Å². The standard InChI is InChI=1S/C12H23N5/c1-15-9-5-14-12(15)17-8-3-7-16(10-11-17)6-2-4-13/h5,9H,2-4,6-8,10-11,13H2,1H3. The number of anilines is 1. The Morgan fingerprint density at radius 3 is 2.88 bits per heavy atom. The third-order valence-corrected chi connectivity index (χ3v) is 3.35. The first-order valence-corrected chi connectivity index (χ1v) is 6.46. The number of nitrogens with zero attached hydrogens (tertiary/aromatic N) is 4. The Labute approximate surface area is 103 Å². The quantitative estimate of drug-likeness (QED) is 0.817. The van der Waals surface area contributed by atoms with Gasteiger partial charge >= 0.3 is 0 Å². The van der Waals surface area contributed by atoms with E-state index in [0.717, 1.165) is 45.1 Å². The summed E-state index contributed by atoms with van der Waals surface area (Å²) in [5.41, 5.74) is 5.56. The maximum atomic E-state index is 5.56. The van der Waals surface area contributed by atoms with Crippen molar-refractivity contribution < 1.29 is 0 Å². The molecule has 2 N–H and O–H groups in total. The third-order valence-electron chi connectivity index (χ3n) is 3.35. The van der Waals surface area contributed by atoms with Crippen LogP contribution in [0.4, 0.5) is 5.95 Å². The Bertz CT molecular complexity index is 335. The van der Waals surface area contributed by atoms with E-state index in [4.69, 9.17) is 5.73 Å². The molecule has 0 saturated carbocycles. The zero-order valence-electron chi connectivity index (χ0n) is 10.7. The zero-order chi connectivity index (χ0) is 12.1. The first kappa shape index (κ1) is 12.4. The molecule has 1 aliphatic heterocycles. The molecule has 0 bridgehead atoms. The molecule has 2 rings (SSSR count). The van der Waals surface area contributed by atoms with Crippen molar-refractivity contribution in [3.8, 4) is 0 Å². The number of hydrogen-bond donors (Lipinski definition) is 1. The minimum absolute atomic E-state index is 0.791. The number of hydrogen-bond acceptors (Lipinski definition) is 4. The van der Waals surface area contributed by atoms with E-state index in [2.05, 4.69) is 26.4 Å². The van der Waals surface area contributed by atoms with E-state index in [9.17, 15) is 0 Å². The summed E-state index contributed by atoms with van der Waals surface area (Å²) in [6.45, 7) is 6.39. The molecule has 1 saturated heterocycles. The van der Waals surface area contributed by atoms with Crippen molar-refractivity contribution in [1.29, 1.82) is 0 Å². The fourth-order valence-electron chi connectivity index (χ4n) is 2.37. The van der Waals surface area contributed by atoms with Gasteiger partial charge in [0.1, 0.15) is 0 Å². The number of nitrogens with two attached hydrogens (primary N) is 1. The van der Waals surface area contributed by atoms with Gasteiger partial charge in [-0.25, -0.2) is 4.98 Å². The predicted molar refractivity (Wildman–Crippen MR) is 70.1 cm³/mol. The van der Waals surface area contributed by atoms with Crippen molar-refractivity contribution in [3.63, 3.8) is 0 Å². The van der Waals surface area contributed by atoms with Crippen LogP contribution in [0.15, 0.2) is 12.4 Å². The molecule has 2 heterocycles. The smallest absolute Gasteiger partial charge is 0.205 e. The van der Waals surface area contributed by atoms with Crippen molar-refractivity contribution in [2.45, 2.75) is 12.8 Å². The lowest BCUT2D eigenvalue weighted by atomic mass is 10.3. The van der Waals surface area contributed by atoms with E-state index >= 15 is 0 Å². The molecule has 1 fully saturated rings. The third kappa shape index (κ3) is 3.20. The fourth-order valence-corrected chi connectivity index (χ4v) is 2.37. The van der Waals surface area contributed by atoms with Crippen LogP contribution in [-0.2, 0) is 7.05 Å². The molecule has 0 amide bonds. The summed E-state index contributed by atoms with van der Waals surface area (Å²) in [7, 11) is 2.05. The minimum atomic E-state index is 0.791. The van der Waals surface area contributed by atoms with Crippen LogP contribution in [0.3, 0.4) is 0 Å².